The van der Waals surface area contributed by atoms with E-state index in [9.17, 15) is 5.11 Å². The molecule has 1 aliphatic heterocycles. The Bertz CT molecular complexity index is 541. The first-order valence-electron chi connectivity index (χ1n) is 6.26. The van der Waals surface area contributed by atoms with Crippen LogP contribution in [0.15, 0.2) is 36.5 Å². The lowest BCUT2D eigenvalue weighted by atomic mass is 10.1. The van der Waals surface area contributed by atoms with Crippen molar-refractivity contribution in [3.8, 4) is 17.0 Å². The van der Waals surface area contributed by atoms with E-state index in [0.717, 1.165) is 30.6 Å². The minimum absolute atomic E-state index is 0. The average Bonchev–Trinajstić information content (AvgIpc) is 2.97. The molecule has 0 aliphatic carbocycles. The lowest BCUT2D eigenvalue weighted by molar-refractivity contribution is 0.372. The molecule has 0 spiro atoms. The van der Waals surface area contributed by atoms with Gasteiger partial charge in [0.15, 0.2) is 0 Å². The summed E-state index contributed by atoms with van der Waals surface area (Å²) >= 11 is 0. The number of hydrogen-bond acceptors (Lipinski definition) is 3. The maximum atomic E-state index is 9.97. The van der Waals surface area contributed by atoms with Gasteiger partial charge in [0.05, 0.1) is 11.6 Å². The zero-order valence-electron chi connectivity index (χ0n) is 10.9. The summed E-state index contributed by atoms with van der Waals surface area (Å²) in [7, 11) is 2.11. The van der Waals surface area contributed by atoms with E-state index in [1.54, 1.807) is 0 Å². The van der Waals surface area contributed by atoms with Crippen LogP contribution in [-0.4, -0.2) is 39.9 Å². The quantitative estimate of drug-likeness (QED) is 0.919. The third kappa shape index (κ3) is 2.74. The van der Waals surface area contributed by atoms with Crippen LogP contribution in [0, 0.1) is 0 Å². The van der Waals surface area contributed by atoms with Crippen LogP contribution in [-0.2, 0) is 0 Å². The second kappa shape index (κ2) is 5.63. The third-order valence-electron chi connectivity index (χ3n) is 3.54. The monoisotopic (exact) mass is 279 g/mol. The maximum Gasteiger partial charge on any atom is 0.238 e. The number of rotatable bonds is 2. The zero-order valence-corrected chi connectivity index (χ0v) is 11.7. The summed E-state index contributed by atoms with van der Waals surface area (Å²) in [6, 6.07) is 10.3. The first-order chi connectivity index (χ1) is 8.74. The van der Waals surface area contributed by atoms with Crippen LogP contribution in [0.5, 0.6) is 5.88 Å². The molecule has 2 aromatic rings. The summed E-state index contributed by atoms with van der Waals surface area (Å²) in [6.07, 6.45) is 3.04. The second-order valence-electron chi connectivity index (χ2n) is 4.92. The smallest absolute Gasteiger partial charge is 0.238 e. The van der Waals surface area contributed by atoms with Gasteiger partial charge in [0.1, 0.15) is 0 Å². The van der Waals surface area contributed by atoms with E-state index < -0.39 is 0 Å². The molecule has 4 nitrogen and oxygen atoms in total. The van der Waals surface area contributed by atoms with Crippen molar-refractivity contribution in [2.45, 2.75) is 12.5 Å². The molecule has 0 saturated carbocycles. The Morgan fingerprint density at radius 2 is 2.00 bits per heavy atom. The van der Waals surface area contributed by atoms with E-state index in [1.807, 2.05) is 41.2 Å². The Labute approximate surface area is 119 Å². The van der Waals surface area contributed by atoms with Gasteiger partial charge in [0, 0.05) is 12.7 Å². The molecular weight excluding hydrogens is 262 g/mol. The first-order valence-corrected chi connectivity index (χ1v) is 6.26. The van der Waals surface area contributed by atoms with Gasteiger partial charge in [-0.25, -0.2) is 0 Å². The number of likely N-dealkylation sites (tertiary alicyclic amines) is 1. The Kier molecular flexibility index (Phi) is 4.12. The van der Waals surface area contributed by atoms with Crippen molar-refractivity contribution >= 4 is 12.4 Å². The summed E-state index contributed by atoms with van der Waals surface area (Å²) in [5, 5.41) is 14.2. The fourth-order valence-electron chi connectivity index (χ4n) is 2.52. The average molecular weight is 280 g/mol. The van der Waals surface area contributed by atoms with Gasteiger partial charge in [-0.2, -0.15) is 0 Å². The van der Waals surface area contributed by atoms with Crippen LogP contribution in [0.4, 0.5) is 0 Å². The number of aromatic hydroxyl groups is 1. The molecule has 2 heterocycles. The van der Waals surface area contributed by atoms with Crippen molar-refractivity contribution in [3.05, 3.63) is 36.5 Å². The van der Waals surface area contributed by atoms with E-state index >= 15 is 0 Å². The largest absolute Gasteiger partial charge is 0.492 e. The van der Waals surface area contributed by atoms with Gasteiger partial charge in [-0.3, -0.25) is 4.68 Å². The number of halogens is 1. The molecule has 0 bridgehead atoms. The van der Waals surface area contributed by atoms with Crippen molar-refractivity contribution < 1.29 is 5.11 Å². The number of aromatic nitrogens is 2. The Hall–Kier alpha value is -1.52. The fourth-order valence-corrected chi connectivity index (χ4v) is 2.52. The van der Waals surface area contributed by atoms with Crippen molar-refractivity contribution in [3.63, 3.8) is 0 Å². The van der Waals surface area contributed by atoms with E-state index in [2.05, 4.69) is 17.0 Å². The molecular formula is C14H18ClN3O. The molecule has 1 N–H and O–H groups in total. The number of likely N-dealkylation sites (N-methyl/N-ethyl adjacent to an activating group) is 1. The summed E-state index contributed by atoms with van der Waals surface area (Å²) in [5.74, 6) is 0.121. The first kappa shape index (κ1) is 13.9. The summed E-state index contributed by atoms with van der Waals surface area (Å²) in [6.45, 7) is 2.08. The van der Waals surface area contributed by atoms with Crippen LogP contribution in [0.2, 0.25) is 0 Å². The molecule has 1 atom stereocenters. The summed E-state index contributed by atoms with van der Waals surface area (Å²) < 4.78 is 1.90. The van der Waals surface area contributed by atoms with E-state index in [-0.39, 0.29) is 18.3 Å². The molecule has 102 valence electrons. The van der Waals surface area contributed by atoms with E-state index in [1.165, 1.54) is 0 Å². The maximum absolute atomic E-state index is 9.97. The van der Waals surface area contributed by atoms with Gasteiger partial charge in [0.25, 0.3) is 0 Å². The molecule has 1 unspecified atom stereocenters. The summed E-state index contributed by atoms with van der Waals surface area (Å²) in [4.78, 5) is 2.28. The Morgan fingerprint density at radius 3 is 2.63 bits per heavy atom. The number of nitrogens with zero attached hydrogens (tertiary/aromatic N) is 3. The van der Waals surface area contributed by atoms with Crippen LogP contribution in [0.1, 0.15) is 12.5 Å². The van der Waals surface area contributed by atoms with Crippen LogP contribution >= 0.6 is 12.4 Å². The highest BCUT2D eigenvalue weighted by atomic mass is 35.5. The molecule has 0 radical (unpaired) electrons. The Balaban J connectivity index is 0.00000133. The van der Waals surface area contributed by atoms with Crippen molar-refractivity contribution in [1.29, 1.82) is 0 Å². The van der Waals surface area contributed by atoms with Crippen molar-refractivity contribution in [2.75, 3.05) is 20.1 Å². The molecule has 19 heavy (non-hydrogen) atoms. The summed E-state index contributed by atoms with van der Waals surface area (Å²) in [5.41, 5.74) is 1.82. The molecule has 5 heteroatoms. The highest BCUT2D eigenvalue weighted by Gasteiger charge is 2.23. The second-order valence-corrected chi connectivity index (χ2v) is 4.92. The van der Waals surface area contributed by atoms with Gasteiger partial charge >= 0.3 is 0 Å². The molecule has 1 aromatic carbocycles. The van der Waals surface area contributed by atoms with Gasteiger partial charge in [-0.1, -0.05) is 30.3 Å². The molecule has 3 rings (SSSR count). The van der Waals surface area contributed by atoms with Crippen LogP contribution in [0.25, 0.3) is 11.1 Å². The van der Waals surface area contributed by atoms with E-state index in [0.29, 0.717) is 6.04 Å². The normalized spacial score (nSPS) is 19.3. The highest BCUT2D eigenvalue weighted by Crippen LogP contribution is 2.30. The predicted molar refractivity (Wildman–Crippen MR) is 77.7 cm³/mol. The highest BCUT2D eigenvalue weighted by molar-refractivity contribution is 5.85. The minimum Gasteiger partial charge on any atom is -0.492 e. The molecule has 1 aliphatic rings. The topological polar surface area (TPSA) is 41.3 Å². The van der Waals surface area contributed by atoms with Crippen molar-refractivity contribution in [1.82, 2.24) is 14.7 Å². The lowest BCUT2D eigenvalue weighted by Gasteiger charge is -2.10. The molecule has 1 aromatic heterocycles. The molecule has 1 saturated heterocycles. The molecule has 0 amide bonds. The van der Waals surface area contributed by atoms with Gasteiger partial charge in [-0.15, -0.1) is 17.5 Å². The SMILES string of the molecule is CN1CCC(n2cc(-c3ccccc3)c(O)n2)C1.Cl. The standard InChI is InChI=1S/C14H17N3O.ClH/c1-16-8-7-12(9-16)17-10-13(14(18)15-17)11-5-3-2-4-6-11;/h2-6,10,12H,7-9H2,1H3,(H,15,18);1H. The van der Waals surface area contributed by atoms with Gasteiger partial charge in [-0.05, 0) is 25.6 Å². The van der Waals surface area contributed by atoms with E-state index in [4.69, 9.17) is 0 Å². The van der Waals surface area contributed by atoms with Crippen LogP contribution < -0.4 is 0 Å². The van der Waals surface area contributed by atoms with Crippen LogP contribution in [0.3, 0.4) is 0 Å². The van der Waals surface area contributed by atoms with Gasteiger partial charge in [0.2, 0.25) is 5.88 Å². The fraction of sp³-hybridized carbons (Fsp3) is 0.357. The third-order valence-corrected chi connectivity index (χ3v) is 3.54. The number of benzene rings is 1. The predicted octanol–water partition coefficient (Wildman–Crippen LogP) is 2.55. The lowest BCUT2D eigenvalue weighted by Crippen LogP contribution is -2.16. The van der Waals surface area contributed by atoms with Gasteiger partial charge < -0.3 is 10.0 Å². The Morgan fingerprint density at radius 1 is 1.26 bits per heavy atom. The molecule has 1 fully saturated rings. The number of hydrogen-bond donors (Lipinski definition) is 1. The minimum atomic E-state index is 0. The van der Waals surface area contributed by atoms with Crippen molar-refractivity contribution in [2.24, 2.45) is 0 Å². The zero-order chi connectivity index (χ0) is 12.5.